The van der Waals surface area contributed by atoms with Crippen LogP contribution in [0.1, 0.15) is 12.2 Å². The third kappa shape index (κ3) is 4.52. The first kappa shape index (κ1) is 18.8. The van der Waals surface area contributed by atoms with E-state index >= 15 is 0 Å². The Bertz CT molecular complexity index is 815. The third-order valence-electron chi connectivity index (χ3n) is 3.48. The molecule has 1 aromatic carbocycles. The van der Waals surface area contributed by atoms with Crippen LogP contribution in [0.2, 0.25) is 0 Å². The highest BCUT2D eigenvalue weighted by Crippen LogP contribution is 2.31. The van der Waals surface area contributed by atoms with E-state index in [-0.39, 0.29) is 30.2 Å². The van der Waals surface area contributed by atoms with E-state index in [1.165, 1.54) is 38.7 Å². The van der Waals surface area contributed by atoms with Gasteiger partial charge in [-0.15, -0.1) is 0 Å². The van der Waals surface area contributed by atoms with Gasteiger partial charge in [0.2, 0.25) is 10.0 Å². The van der Waals surface area contributed by atoms with E-state index in [1.54, 1.807) is 12.1 Å². The van der Waals surface area contributed by atoms with Gasteiger partial charge in [0, 0.05) is 12.6 Å². The number of ether oxygens (including phenoxy) is 2. The van der Waals surface area contributed by atoms with Crippen molar-refractivity contribution >= 4 is 16.0 Å². The average molecular weight is 369 g/mol. The van der Waals surface area contributed by atoms with Crippen molar-refractivity contribution in [2.45, 2.75) is 17.9 Å². The Morgan fingerprint density at radius 2 is 1.92 bits per heavy atom. The molecule has 0 atom stereocenters. The van der Waals surface area contributed by atoms with E-state index in [2.05, 4.69) is 0 Å². The van der Waals surface area contributed by atoms with Crippen molar-refractivity contribution < 1.29 is 32.2 Å². The summed E-state index contributed by atoms with van der Waals surface area (Å²) in [7, 11) is -1.11. The molecule has 1 aromatic heterocycles. The van der Waals surface area contributed by atoms with Crippen LogP contribution in [-0.2, 0) is 21.4 Å². The summed E-state index contributed by atoms with van der Waals surface area (Å²) < 4.78 is 42.3. The third-order valence-corrected chi connectivity index (χ3v) is 5.32. The largest absolute Gasteiger partial charge is 0.493 e. The molecular formula is C16H19NO7S. The lowest BCUT2D eigenvalue weighted by atomic mass is 10.3. The summed E-state index contributed by atoms with van der Waals surface area (Å²) in [5.41, 5.74) is 0. The lowest BCUT2D eigenvalue weighted by Gasteiger charge is -2.21. The van der Waals surface area contributed by atoms with E-state index in [9.17, 15) is 13.2 Å². The number of benzene rings is 1. The van der Waals surface area contributed by atoms with Gasteiger partial charge in [-0.25, -0.2) is 8.42 Å². The number of methoxy groups -OCH3 is 2. The van der Waals surface area contributed by atoms with Crippen LogP contribution in [0.3, 0.4) is 0 Å². The summed E-state index contributed by atoms with van der Waals surface area (Å²) in [6, 6.07) is 7.45. The van der Waals surface area contributed by atoms with Gasteiger partial charge in [0.15, 0.2) is 11.5 Å². The van der Waals surface area contributed by atoms with Gasteiger partial charge >= 0.3 is 5.97 Å². The van der Waals surface area contributed by atoms with E-state index in [0.717, 1.165) is 4.31 Å². The molecule has 0 unspecified atom stereocenters. The maximum absolute atomic E-state index is 12.9. The predicted octanol–water partition coefficient (Wildman–Crippen LogP) is 1.96. The van der Waals surface area contributed by atoms with Crippen LogP contribution < -0.4 is 9.47 Å². The van der Waals surface area contributed by atoms with Gasteiger partial charge in [-0.2, -0.15) is 4.31 Å². The lowest BCUT2D eigenvalue weighted by Crippen LogP contribution is -2.32. The number of aliphatic carboxylic acids is 1. The van der Waals surface area contributed by atoms with Crippen LogP contribution in [-0.4, -0.2) is 44.6 Å². The summed E-state index contributed by atoms with van der Waals surface area (Å²) >= 11 is 0. The van der Waals surface area contributed by atoms with Gasteiger partial charge < -0.3 is 19.0 Å². The second-order valence-electron chi connectivity index (χ2n) is 5.08. The number of hydrogen-bond donors (Lipinski definition) is 1. The SMILES string of the molecule is COc1ccc(S(=O)(=O)N(CCC(=O)O)Cc2ccco2)cc1OC. The molecule has 0 aliphatic rings. The van der Waals surface area contributed by atoms with Crippen LogP contribution in [0, 0.1) is 0 Å². The van der Waals surface area contributed by atoms with Crippen LogP contribution in [0.4, 0.5) is 0 Å². The van der Waals surface area contributed by atoms with E-state index in [4.69, 9.17) is 19.0 Å². The quantitative estimate of drug-likeness (QED) is 0.720. The van der Waals surface area contributed by atoms with E-state index < -0.39 is 16.0 Å². The summed E-state index contributed by atoms with van der Waals surface area (Å²) in [5, 5.41) is 8.89. The number of hydrogen-bond acceptors (Lipinski definition) is 6. The van der Waals surface area contributed by atoms with E-state index in [1.807, 2.05) is 0 Å². The van der Waals surface area contributed by atoms with Crippen molar-refractivity contribution in [2.24, 2.45) is 0 Å². The molecule has 0 amide bonds. The van der Waals surface area contributed by atoms with Crippen molar-refractivity contribution in [3.8, 4) is 11.5 Å². The smallest absolute Gasteiger partial charge is 0.304 e. The molecule has 0 fully saturated rings. The fraction of sp³-hybridized carbons (Fsp3) is 0.312. The molecule has 9 heteroatoms. The minimum atomic E-state index is -3.96. The fourth-order valence-electron chi connectivity index (χ4n) is 2.21. The Morgan fingerprint density at radius 3 is 2.48 bits per heavy atom. The second kappa shape index (κ2) is 8.04. The zero-order chi connectivity index (χ0) is 18.4. The normalized spacial score (nSPS) is 11.5. The Hall–Kier alpha value is -2.52. The number of rotatable bonds is 9. The average Bonchev–Trinajstić information content (AvgIpc) is 3.10. The predicted molar refractivity (Wildman–Crippen MR) is 88.1 cm³/mol. The Balaban J connectivity index is 2.37. The molecule has 1 heterocycles. The molecule has 2 aromatic rings. The lowest BCUT2D eigenvalue weighted by molar-refractivity contribution is -0.137. The molecule has 2 rings (SSSR count). The molecule has 25 heavy (non-hydrogen) atoms. The molecule has 0 spiro atoms. The molecule has 0 bridgehead atoms. The first-order valence-electron chi connectivity index (χ1n) is 7.35. The number of carbonyl (C=O) groups is 1. The highest BCUT2D eigenvalue weighted by Gasteiger charge is 2.27. The van der Waals surface area contributed by atoms with Gasteiger partial charge in [0.1, 0.15) is 5.76 Å². The zero-order valence-corrected chi connectivity index (χ0v) is 14.7. The van der Waals surface area contributed by atoms with Crippen molar-refractivity contribution in [2.75, 3.05) is 20.8 Å². The van der Waals surface area contributed by atoms with Crippen molar-refractivity contribution in [3.05, 3.63) is 42.4 Å². The first-order valence-corrected chi connectivity index (χ1v) is 8.79. The van der Waals surface area contributed by atoms with Gasteiger partial charge in [0.25, 0.3) is 0 Å². The molecule has 8 nitrogen and oxygen atoms in total. The molecule has 0 radical (unpaired) electrons. The number of carboxylic acids is 1. The van der Waals surface area contributed by atoms with Crippen LogP contribution in [0.15, 0.2) is 45.9 Å². The minimum Gasteiger partial charge on any atom is -0.493 e. The summed E-state index contributed by atoms with van der Waals surface area (Å²) in [6.45, 7) is -0.260. The van der Waals surface area contributed by atoms with Gasteiger partial charge in [-0.3, -0.25) is 4.79 Å². The molecule has 0 aliphatic heterocycles. The molecular weight excluding hydrogens is 350 g/mol. The standard InChI is InChI=1S/C16H19NO7S/c1-22-14-6-5-13(10-15(14)23-2)25(20,21)17(8-7-16(18)19)11-12-4-3-9-24-12/h3-6,9-10H,7-8,11H2,1-2H3,(H,18,19). The number of sulfonamides is 1. The maximum atomic E-state index is 12.9. The Labute approximate surface area is 145 Å². The topological polar surface area (TPSA) is 106 Å². The molecule has 0 saturated carbocycles. The zero-order valence-electron chi connectivity index (χ0n) is 13.8. The summed E-state index contributed by atoms with van der Waals surface area (Å²) in [5.74, 6) is -0.0225. The minimum absolute atomic E-state index is 0.0258. The fourth-order valence-corrected chi connectivity index (χ4v) is 3.63. The Morgan fingerprint density at radius 1 is 1.20 bits per heavy atom. The maximum Gasteiger partial charge on any atom is 0.304 e. The number of carboxylic acid groups (broad SMARTS) is 1. The molecule has 0 saturated heterocycles. The van der Waals surface area contributed by atoms with Crippen LogP contribution in [0.5, 0.6) is 11.5 Å². The van der Waals surface area contributed by atoms with Crippen molar-refractivity contribution in [3.63, 3.8) is 0 Å². The summed E-state index contributed by atoms with van der Waals surface area (Å²) in [6.07, 6.45) is 1.10. The highest BCUT2D eigenvalue weighted by atomic mass is 32.2. The Kier molecular flexibility index (Phi) is 6.05. The van der Waals surface area contributed by atoms with Gasteiger partial charge in [-0.05, 0) is 24.3 Å². The van der Waals surface area contributed by atoms with Gasteiger partial charge in [0.05, 0.1) is 38.3 Å². The van der Waals surface area contributed by atoms with Crippen molar-refractivity contribution in [1.29, 1.82) is 0 Å². The molecule has 1 N–H and O–H groups in total. The van der Waals surface area contributed by atoms with Crippen molar-refractivity contribution in [1.82, 2.24) is 4.31 Å². The highest BCUT2D eigenvalue weighted by molar-refractivity contribution is 7.89. The molecule has 136 valence electrons. The van der Waals surface area contributed by atoms with Crippen LogP contribution in [0.25, 0.3) is 0 Å². The molecule has 0 aliphatic carbocycles. The first-order chi connectivity index (χ1) is 11.9. The summed E-state index contributed by atoms with van der Waals surface area (Å²) in [4.78, 5) is 10.8. The monoisotopic (exact) mass is 369 g/mol. The number of nitrogens with zero attached hydrogens (tertiary/aromatic N) is 1. The van der Waals surface area contributed by atoms with E-state index in [0.29, 0.717) is 11.5 Å². The number of furan rings is 1. The second-order valence-corrected chi connectivity index (χ2v) is 7.02. The van der Waals surface area contributed by atoms with Crippen LogP contribution >= 0.6 is 0 Å². The van der Waals surface area contributed by atoms with Gasteiger partial charge in [-0.1, -0.05) is 0 Å².